The Kier molecular flexibility index (Phi) is 10.5. The van der Waals surface area contributed by atoms with E-state index in [0.717, 1.165) is 48.1 Å². The third kappa shape index (κ3) is 6.54. The Morgan fingerprint density at radius 3 is 2.43 bits per heavy atom. The Morgan fingerprint density at radius 1 is 0.967 bits per heavy atom. The van der Waals surface area contributed by atoms with Crippen LogP contribution in [0.4, 0.5) is 5.82 Å². The highest BCUT2D eigenvalue weighted by atomic mass is 35.5. The number of nitrogens with two attached hydrogens (primary N) is 1. The van der Waals surface area contributed by atoms with E-state index in [1.807, 2.05) is 30.4 Å². The Balaban J connectivity index is 0.00000150. The first-order valence-corrected chi connectivity index (χ1v) is 9.57. The van der Waals surface area contributed by atoms with Gasteiger partial charge in [0.25, 0.3) is 0 Å². The molecule has 0 atom stereocenters. The van der Waals surface area contributed by atoms with E-state index in [4.69, 9.17) is 15.7 Å². The number of fused-ring (bicyclic) bond motifs is 1. The molecular formula is C22H28Cl3N5. The zero-order chi connectivity index (χ0) is 18.6. The smallest absolute Gasteiger partial charge is 0.155 e. The van der Waals surface area contributed by atoms with E-state index in [2.05, 4.69) is 35.4 Å². The third-order valence-electron chi connectivity index (χ3n) is 5.07. The average Bonchev–Trinajstić information content (AvgIpc) is 2.69. The van der Waals surface area contributed by atoms with E-state index < -0.39 is 0 Å². The number of rotatable bonds is 4. The van der Waals surface area contributed by atoms with Crippen LogP contribution in [0, 0.1) is 6.92 Å². The number of anilines is 1. The molecular weight excluding hydrogens is 441 g/mol. The minimum Gasteiger partial charge on any atom is -0.367 e. The SMILES string of the molecule is Cc1ccc2nc(C=Cc3ccccn3)nc(N[C@H]3CC[C@@H](N)CC3)c2c1.Cl.Cl.Cl. The lowest BCUT2D eigenvalue weighted by molar-refractivity contribution is 0.410. The molecule has 1 aliphatic rings. The molecule has 3 aromatic rings. The van der Waals surface area contributed by atoms with Crippen LogP contribution in [0.15, 0.2) is 42.6 Å². The second-order valence-corrected chi connectivity index (χ2v) is 7.29. The summed E-state index contributed by atoms with van der Waals surface area (Å²) in [4.78, 5) is 13.8. The Labute approximate surface area is 196 Å². The van der Waals surface area contributed by atoms with Crippen molar-refractivity contribution in [1.82, 2.24) is 15.0 Å². The van der Waals surface area contributed by atoms with Gasteiger partial charge in [-0.3, -0.25) is 4.98 Å². The number of aromatic nitrogens is 3. The van der Waals surface area contributed by atoms with Gasteiger partial charge in [-0.25, -0.2) is 9.97 Å². The molecule has 0 aliphatic heterocycles. The lowest BCUT2D eigenvalue weighted by atomic mass is 9.92. The second kappa shape index (κ2) is 12.1. The number of nitrogens with zero attached hydrogens (tertiary/aromatic N) is 3. The number of nitrogens with one attached hydrogen (secondary N) is 1. The van der Waals surface area contributed by atoms with Crippen molar-refractivity contribution >= 4 is 66.1 Å². The van der Waals surface area contributed by atoms with Crippen molar-refractivity contribution in [2.24, 2.45) is 5.73 Å². The topological polar surface area (TPSA) is 76.7 Å². The van der Waals surface area contributed by atoms with Crippen molar-refractivity contribution in [2.75, 3.05) is 5.32 Å². The molecule has 8 heteroatoms. The van der Waals surface area contributed by atoms with Crippen LogP contribution in [0.25, 0.3) is 23.1 Å². The molecule has 5 nitrogen and oxygen atoms in total. The predicted molar refractivity (Wildman–Crippen MR) is 133 cm³/mol. The summed E-state index contributed by atoms with van der Waals surface area (Å²) in [5, 5.41) is 4.72. The first kappa shape index (κ1) is 26.1. The van der Waals surface area contributed by atoms with E-state index >= 15 is 0 Å². The maximum atomic E-state index is 6.05. The van der Waals surface area contributed by atoms with Gasteiger partial charge in [0.15, 0.2) is 5.82 Å². The lowest BCUT2D eigenvalue weighted by Gasteiger charge is -2.27. The molecule has 1 fully saturated rings. The molecule has 0 amide bonds. The largest absolute Gasteiger partial charge is 0.367 e. The van der Waals surface area contributed by atoms with Gasteiger partial charge in [-0.15, -0.1) is 37.2 Å². The zero-order valence-corrected chi connectivity index (χ0v) is 19.3. The molecule has 3 N–H and O–H groups in total. The number of hydrogen-bond donors (Lipinski definition) is 2. The van der Waals surface area contributed by atoms with Gasteiger partial charge in [0, 0.05) is 23.7 Å². The average molecular weight is 469 g/mol. The fraction of sp³-hybridized carbons (Fsp3) is 0.318. The summed E-state index contributed by atoms with van der Waals surface area (Å²) >= 11 is 0. The molecule has 0 spiro atoms. The number of hydrogen-bond acceptors (Lipinski definition) is 5. The van der Waals surface area contributed by atoms with Crippen LogP contribution in [-0.2, 0) is 0 Å². The van der Waals surface area contributed by atoms with E-state index in [1.54, 1.807) is 6.20 Å². The number of pyridine rings is 1. The first-order valence-electron chi connectivity index (χ1n) is 9.57. The van der Waals surface area contributed by atoms with Crippen LogP contribution in [-0.4, -0.2) is 27.0 Å². The number of aryl methyl sites for hydroxylation is 1. The Hall–Kier alpha value is -1.92. The molecule has 0 saturated heterocycles. The van der Waals surface area contributed by atoms with Gasteiger partial charge in [0.1, 0.15) is 5.82 Å². The number of halogens is 3. The second-order valence-electron chi connectivity index (χ2n) is 7.29. The molecule has 2 aromatic heterocycles. The highest BCUT2D eigenvalue weighted by molar-refractivity contribution is 5.90. The fourth-order valence-corrected chi connectivity index (χ4v) is 3.54. The molecule has 162 valence electrons. The normalized spacial score (nSPS) is 18.2. The standard InChI is InChI=1S/C22H25N5.3ClH/c1-15-5-11-20-19(14-15)22(25-18-8-6-16(23)7-9-18)27-21(26-20)12-10-17-4-2-3-13-24-17;;;/h2-5,10-14,16,18H,6-9,23H2,1H3,(H,25,26,27);3*1H/t16-,18+;;;. The molecule has 30 heavy (non-hydrogen) atoms. The van der Waals surface area contributed by atoms with Gasteiger partial charge in [0.05, 0.1) is 11.2 Å². The molecule has 0 bridgehead atoms. The minimum absolute atomic E-state index is 0. The highest BCUT2D eigenvalue weighted by Gasteiger charge is 2.19. The molecule has 0 radical (unpaired) electrons. The van der Waals surface area contributed by atoms with Gasteiger partial charge < -0.3 is 11.1 Å². The van der Waals surface area contributed by atoms with Crippen molar-refractivity contribution in [1.29, 1.82) is 0 Å². The number of benzene rings is 1. The lowest BCUT2D eigenvalue weighted by Crippen LogP contribution is -2.33. The summed E-state index contributed by atoms with van der Waals surface area (Å²) in [7, 11) is 0. The van der Waals surface area contributed by atoms with Crippen LogP contribution >= 0.6 is 37.2 Å². The van der Waals surface area contributed by atoms with E-state index in [9.17, 15) is 0 Å². The van der Waals surface area contributed by atoms with Crippen LogP contribution in [0.5, 0.6) is 0 Å². The summed E-state index contributed by atoms with van der Waals surface area (Å²) in [5.74, 6) is 1.59. The van der Waals surface area contributed by atoms with Crippen molar-refractivity contribution < 1.29 is 0 Å². The van der Waals surface area contributed by atoms with Crippen molar-refractivity contribution in [3.8, 4) is 0 Å². The molecule has 4 rings (SSSR count). The summed E-state index contributed by atoms with van der Waals surface area (Å²) < 4.78 is 0. The summed E-state index contributed by atoms with van der Waals surface area (Å²) in [6.07, 6.45) is 9.93. The van der Waals surface area contributed by atoms with Crippen molar-refractivity contribution in [3.63, 3.8) is 0 Å². The summed E-state index contributed by atoms with van der Waals surface area (Å²) in [6, 6.07) is 12.9. The summed E-state index contributed by atoms with van der Waals surface area (Å²) in [5.41, 5.74) is 9.10. The first-order chi connectivity index (χ1) is 13.2. The minimum atomic E-state index is 0. The van der Waals surface area contributed by atoms with E-state index in [-0.39, 0.29) is 37.2 Å². The van der Waals surface area contributed by atoms with Gasteiger partial charge in [-0.1, -0.05) is 17.7 Å². The molecule has 1 aromatic carbocycles. The Bertz CT molecular complexity index is 958. The zero-order valence-electron chi connectivity index (χ0n) is 16.8. The summed E-state index contributed by atoms with van der Waals surface area (Å²) in [6.45, 7) is 2.09. The molecule has 1 saturated carbocycles. The van der Waals surface area contributed by atoms with Gasteiger partial charge in [0.2, 0.25) is 0 Å². The quantitative estimate of drug-likeness (QED) is 0.532. The van der Waals surface area contributed by atoms with Gasteiger partial charge in [-0.05, 0) is 69.0 Å². The predicted octanol–water partition coefficient (Wildman–Crippen LogP) is 5.45. The van der Waals surface area contributed by atoms with E-state index in [1.165, 1.54) is 5.56 Å². The van der Waals surface area contributed by atoms with Crippen LogP contribution < -0.4 is 11.1 Å². The highest BCUT2D eigenvalue weighted by Crippen LogP contribution is 2.26. The fourth-order valence-electron chi connectivity index (χ4n) is 3.54. The monoisotopic (exact) mass is 467 g/mol. The Morgan fingerprint density at radius 2 is 1.73 bits per heavy atom. The van der Waals surface area contributed by atoms with Gasteiger partial charge >= 0.3 is 0 Å². The van der Waals surface area contributed by atoms with Crippen LogP contribution in [0.3, 0.4) is 0 Å². The third-order valence-corrected chi connectivity index (χ3v) is 5.07. The molecule has 2 heterocycles. The van der Waals surface area contributed by atoms with Crippen molar-refractivity contribution in [3.05, 3.63) is 59.7 Å². The van der Waals surface area contributed by atoms with E-state index in [0.29, 0.717) is 17.9 Å². The van der Waals surface area contributed by atoms with Crippen molar-refractivity contribution in [2.45, 2.75) is 44.7 Å². The molecule has 0 unspecified atom stereocenters. The van der Waals surface area contributed by atoms with Crippen LogP contribution in [0.1, 0.15) is 42.8 Å². The van der Waals surface area contributed by atoms with Crippen LogP contribution in [0.2, 0.25) is 0 Å². The van der Waals surface area contributed by atoms with Gasteiger partial charge in [-0.2, -0.15) is 0 Å². The maximum absolute atomic E-state index is 6.05. The molecule has 1 aliphatic carbocycles. The maximum Gasteiger partial charge on any atom is 0.155 e.